The van der Waals surface area contributed by atoms with Gasteiger partial charge in [-0.15, -0.1) is 0 Å². The highest BCUT2D eigenvalue weighted by Crippen LogP contribution is 2.38. The van der Waals surface area contributed by atoms with E-state index in [0.717, 1.165) is 38.5 Å². The summed E-state index contributed by atoms with van der Waals surface area (Å²) < 4.78 is 40.1. The number of unbranched alkanes of at least 4 members (excludes halogenated alkanes) is 18. The van der Waals surface area contributed by atoms with Gasteiger partial charge in [0.15, 0.2) is 6.10 Å². The van der Waals surface area contributed by atoms with Crippen molar-refractivity contribution in [2.24, 2.45) is 0 Å². The fourth-order valence-electron chi connectivity index (χ4n) is 6.15. The first-order valence-electron chi connectivity index (χ1n) is 22.5. The first kappa shape index (κ1) is 52.3. The van der Waals surface area contributed by atoms with E-state index in [2.05, 4.69) is 50.3 Å². The van der Waals surface area contributed by atoms with Gasteiger partial charge in [0.2, 0.25) is 0 Å². The van der Waals surface area contributed by atoms with Gasteiger partial charge in [-0.1, -0.05) is 147 Å². The molecule has 0 aromatic heterocycles. The van der Waals surface area contributed by atoms with Gasteiger partial charge in [-0.2, -0.15) is 0 Å². The van der Waals surface area contributed by atoms with Crippen LogP contribution in [0.15, 0.2) is 48.8 Å². The van der Waals surface area contributed by atoms with Crippen LogP contribution in [-0.4, -0.2) is 76.3 Å². The molecule has 3 unspecified atom stereocenters. The van der Waals surface area contributed by atoms with Gasteiger partial charge in [0.1, 0.15) is 19.8 Å². The summed E-state index contributed by atoms with van der Waals surface area (Å²) in [4.78, 5) is 24.9. The zero-order valence-corrected chi connectivity index (χ0v) is 37.4. The van der Waals surface area contributed by atoms with E-state index >= 15 is 0 Å². The normalized spacial score (nSPS) is 17.8. The number of allylic oxidation sites excluding steroid dienone is 5. The molecule has 0 bridgehead atoms. The summed E-state index contributed by atoms with van der Waals surface area (Å²) in [6.07, 6.45) is 45.4. The van der Waals surface area contributed by atoms with Crippen LogP contribution in [0.2, 0.25) is 0 Å². The predicted molar refractivity (Wildman–Crippen MR) is 230 cm³/mol. The maximum absolute atomic E-state index is 12.5. The second-order valence-electron chi connectivity index (χ2n) is 16.5. The van der Waals surface area contributed by atoms with Gasteiger partial charge in [0.25, 0.3) is 7.82 Å². The highest BCUT2D eigenvalue weighted by molar-refractivity contribution is 7.45. The highest BCUT2D eigenvalue weighted by atomic mass is 31.2. The number of epoxide rings is 1. The number of ether oxygens (including phenoxy) is 3. The Labute approximate surface area is 343 Å². The minimum absolute atomic E-state index is 0.0152. The van der Waals surface area contributed by atoms with Crippen molar-refractivity contribution >= 4 is 13.8 Å². The molecule has 4 atom stereocenters. The summed E-state index contributed by atoms with van der Waals surface area (Å²) in [7, 11) is 1.32. The number of quaternary nitrogens is 1. The Kier molecular flexibility index (Phi) is 32.9. The van der Waals surface area contributed by atoms with Crippen LogP contribution in [-0.2, 0) is 32.6 Å². The molecule has 0 spiro atoms. The van der Waals surface area contributed by atoms with Gasteiger partial charge < -0.3 is 32.6 Å². The molecule has 0 radical (unpaired) electrons. The van der Waals surface area contributed by atoms with Crippen LogP contribution < -0.4 is 4.89 Å². The lowest BCUT2D eigenvalue weighted by atomic mass is 10.0. The van der Waals surface area contributed by atoms with Gasteiger partial charge in [-0.05, 0) is 63.9 Å². The zero-order chi connectivity index (χ0) is 41.0. The van der Waals surface area contributed by atoms with E-state index < -0.39 is 13.9 Å². The van der Waals surface area contributed by atoms with E-state index in [1.54, 1.807) is 6.26 Å². The van der Waals surface area contributed by atoms with Crippen LogP contribution in [0.25, 0.3) is 0 Å². The summed E-state index contributed by atoms with van der Waals surface area (Å²) in [6, 6.07) is 0. The number of hydrogen-bond donors (Lipinski definition) is 0. The lowest BCUT2D eigenvalue weighted by molar-refractivity contribution is -0.870. The molecular weight excluding hydrogens is 725 g/mol. The highest BCUT2D eigenvalue weighted by Gasteiger charge is 2.36. The molecule has 1 rings (SSSR count). The van der Waals surface area contributed by atoms with Crippen molar-refractivity contribution in [3.63, 3.8) is 0 Å². The Morgan fingerprint density at radius 3 is 1.79 bits per heavy atom. The number of likely N-dealkylation sites (N-methyl/N-ethyl adjacent to an activating group) is 1. The average molecular weight is 810 g/mol. The Morgan fingerprint density at radius 1 is 0.661 bits per heavy atom. The Balaban J connectivity index is 2.29. The molecule has 326 valence electrons. The summed E-state index contributed by atoms with van der Waals surface area (Å²) >= 11 is 0. The van der Waals surface area contributed by atoms with Crippen molar-refractivity contribution in [2.45, 2.75) is 193 Å². The first-order chi connectivity index (χ1) is 27.1. The van der Waals surface area contributed by atoms with E-state index in [4.69, 9.17) is 23.3 Å². The van der Waals surface area contributed by atoms with E-state index in [0.29, 0.717) is 23.6 Å². The van der Waals surface area contributed by atoms with Crippen LogP contribution in [0, 0.1) is 0 Å². The maximum atomic E-state index is 12.5. The van der Waals surface area contributed by atoms with Crippen molar-refractivity contribution in [3.8, 4) is 0 Å². The fourth-order valence-corrected chi connectivity index (χ4v) is 6.88. The Morgan fingerprint density at radius 2 is 1.16 bits per heavy atom. The van der Waals surface area contributed by atoms with Crippen molar-refractivity contribution < 1.29 is 42.0 Å². The Bertz CT molecular complexity index is 1100. The number of phosphoric ester groups is 1. The molecule has 10 heteroatoms. The van der Waals surface area contributed by atoms with Gasteiger partial charge in [-0.3, -0.25) is 9.36 Å². The number of carbonyl (C=O) groups is 1. The molecule has 0 aromatic carbocycles. The third-order valence-corrected chi connectivity index (χ3v) is 10.8. The molecule has 1 fully saturated rings. The Hall–Kier alpha value is -1.74. The minimum atomic E-state index is -4.53. The standard InChI is InChI=1S/C46H84NO8P/c1-6-8-10-12-14-16-17-18-19-20-21-22-24-26-30-34-39-51-43(42-54-56(49,50)53-40-38-47(3,4)5)41-52-46(48)37-33-29-28-32-36-45-44(55-45)35-31-27-25-23-15-13-11-9-7-2/h15,23,27-28,31-32,34,39,43-45H,6-14,16-22,24-26,29-30,33,35-38,40-42H2,1-5H3/b23-15-,31-27-,32-28-,39-34+/t43-,44?,45?/m1/s1. The SMILES string of the molecule is CCCCC/C=C\C/C=C\CC1OC1C/C=C\CCCC(=O)OC[C@H](COP(=O)([O-])OCC[N+](C)(C)C)O/C=C/CCCCCCCCCCCCCCCC. The van der Waals surface area contributed by atoms with E-state index in [9.17, 15) is 14.3 Å². The zero-order valence-electron chi connectivity index (χ0n) is 36.5. The molecule has 1 saturated heterocycles. The van der Waals surface area contributed by atoms with E-state index in [1.807, 2.05) is 27.2 Å². The fraction of sp³-hybridized carbons (Fsp3) is 0.804. The topological polar surface area (TPSA) is 107 Å². The molecule has 0 N–H and O–H groups in total. The molecule has 0 aliphatic carbocycles. The van der Waals surface area contributed by atoms with Crippen molar-refractivity contribution in [2.75, 3.05) is 47.5 Å². The molecule has 9 nitrogen and oxygen atoms in total. The van der Waals surface area contributed by atoms with Crippen molar-refractivity contribution in [3.05, 3.63) is 48.8 Å². The number of phosphoric acid groups is 1. The van der Waals surface area contributed by atoms with E-state index in [-0.39, 0.29) is 38.3 Å². The number of carbonyl (C=O) groups excluding carboxylic acids is 1. The van der Waals surface area contributed by atoms with Crippen LogP contribution in [0.3, 0.4) is 0 Å². The summed E-state index contributed by atoms with van der Waals surface area (Å²) in [5, 5.41) is 0. The number of hydrogen-bond acceptors (Lipinski definition) is 8. The van der Waals surface area contributed by atoms with Crippen LogP contribution in [0.5, 0.6) is 0 Å². The van der Waals surface area contributed by atoms with Gasteiger partial charge in [0.05, 0.1) is 46.2 Å². The van der Waals surface area contributed by atoms with Gasteiger partial charge in [-0.25, -0.2) is 0 Å². The molecular formula is C46H84NO8P. The lowest BCUT2D eigenvalue weighted by Gasteiger charge is -2.28. The van der Waals surface area contributed by atoms with Gasteiger partial charge >= 0.3 is 5.97 Å². The van der Waals surface area contributed by atoms with Crippen LogP contribution >= 0.6 is 7.82 Å². The second kappa shape index (κ2) is 35.2. The summed E-state index contributed by atoms with van der Waals surface area (Å²) in [6.45, 7) is 4.60. The summed E-state index contributed by atoms with van der Waals surface area (Å²) in [5.41, 5.74) is 0. The maximum Gasteiger partial charge on any atom is 0.305 e. The summed E-state index contributed by atoms with van der Waals surface area (Å²) in [5.74, 6) is -0.351. The molecule has 56 heavy (non-hydrogen) atoms. The van der Waals surface area contributed by atoms with Crippen LogP contribution in [0.4, 0.5) is 0 Å². The van der Waals surface area contributed by atoms with Crippen molar-refractivity contribution in [1.82, 2.24) is 0 Å². The number of nitrogens with zero attached hydrogens (tertiary/aromatic N) is 1. The van der Waals surface area contributed by atoms with Crippen molar-refractivity contribution in [1.29, 1.82) is 0 Å². The molecule has 0 amide bonds. The third-order valence-electron chi connectivity index (χ3n) is 9.87. The first-order valence-corrected chi connectivity index (χ1v) is 24.0. The number of rotatable bonds is 40. The molecule has 1 aliphatic heterocycles. The second-order valence-corrected chi connectivity index (χ2v) is 17.9. The smallest absolute Gasteiger partial charge is 0.305 e. The average Bonchev–Trinajstić information content (AvgIpc) is 3.91. The largest absolute Gasteiger partial charge is 0.756 e. The van der Waals surface area contributed by atoms with Gasteiger partial charge in [0, 0.05) is 6.42 Å². The lowest BCUT2D eigenvalue weighted by Crippen LogP contribution is -2.37. The molecule has 1 aliphatic rings. The predicted octanol–water partition coefficient (Wildman–Crippen LogP) is 11.9. The monoisotopic (exact) mass is 810 g/mol. The number of esters is 1. The van der Waals surface area contributed by atoms with E-state index in [1.165, 1.54) is 109 Å². The molecule has 0 saturated carbocycles. The molecule has 0 aromatic rings. The minimum Gasteiger partial charge on any atom is -0.756 e. The third kappa shape index (κ3) is 35.4. The van der Waals surface area contributed by atoms with Crippen LogP contribution in [0.1, 0.15) is 174 Å². The quantitative estimate of drug-likeness (QED) is 0.0115. The molecule has 1 heterocycles.